The largest absolute Gasteiger partial charge is 0.420 e. The normalized spacial score (nSPS) is 12.5. The monoisotopic (exact) mass is 232 g/mol. The minimum atomic E-state index is -1.20. The van der Waals surface area contributed by atoms with Crippen molar-refractivity contribution in [1.29, 1.82) is 10.5 Å². The molecule has 0 bridgehead atoms. The molecule has 17 heavy (non-hydrogen) atoms. The Hall–Kier alpha value is -2.73. The van der Waals surface area contributed by atoms with Crippen LogP contribution in [0.4, 0.5) is 8.78 Å². The molecule has 0 saturated carbocycles. The van der Waals surface area contributed by atoms with E-state index in [2.05, 4.69) is 4.74 Å². The first-order valence-electron chi connectivity index (χ1n) is 4.34. The molecule has 4 nitrogen and oxygen atoms in total. The summed E-state index contributed by atoms with van der Waals surface area (Å²) in [7, 11) is 0. The second kappa shape index (κ2) is 3.69. The Morgan fingerprint density at radius 3 is 2.18 bits per heavy atom. The van der Waals surface area contributed by atoms with Gasteiger partial charge in [-0.3, -0.25) is 0 Å². The summed E-state index contributed by atoms with van der Waals surface area (Å²) < 4.78 is 30.6. The molecule has 0 aliphatic carbocycles. The van der Waals surface area contributed by atoms with Crippen LogP contribution in [0.15, 0.2) is 17.7 Å². The molecule has 82 valence electrons. The van der Waals surface area contributed by atoms with E-state index in [0.717, 1.165) is 6.07 Å². The van der Waals surface area contributed by atoms with Gasteiger partial charge in [0.2, 0.25) is 0 Å². The van der Waals surface area contributed by atoms with Crippen molar-refractivity contribution in [2.75, 3.05) is 0 Å². The van der Waals surface area contributed by atoms with Gasteiger partial charge in [0.25, 0.3) is 0 Å². The minimum absolute atomic E-state index is 0.0907. The summed E-state index contributed by atoms with van der Waals surface area (Å²) in [5, 5.41) is 17.3. The number of nitriles is 2. The summed E-state index contributed by atoms with van der Waals surface area (Å²) in [6.45, 7) is 0. The van der Waals surface area contributed by atoms with E-state index in [1.54, 1.807) is 0 Å². The van der Waals surface area contributed by atoms with Crippen molar-refractivity contribution in [3.63, 3.8) is 0 Å². The Bertz CT molecular complexity index is 635. The summed E-state index contributed by atoms with van der Waals surface area (Å²) >= 11 is 0. The van der Waals surface area contributed by atoms with Crippen molar-refractivity contribution in [1.82, 2.24) is 0 Å². The van der Waals surface area contributed by atoms with Gasteiger partial charge in [-0.1, -0.05) is 0 Å². The van der Waals surface area contributed by atoms with Gasteiger partial charge in [-0.05, 0) is 12.1 Å². The van der Waals surface area contributed by atoms with Gasteiger partial charge in [-0.15, -0.1) is 0 Å². The number of carbonyl (C=O) groups is 1. The minimum Gasteiger partial charge on any atom is -0.420 e. The predicted molar refractivity (Wildman–Crippen MR) is 49.9 cm³/mol. The van der Waals surface area contributed by atoms with Crippen LogP contribution in [0.3, 0.4) is 0 Å². The van der Waals surface area contributed by atoms with Crippen LogP contribution in [0, 0.1) is 34.3 Å². The van der Waals surface area contributed by atoms with Crippen LogP contribution in [-0.2, 0) is 4.74 Å². The average Bonchev–Trinajstić information content (AvgIpc) is 2.60. The lowest BCUT2D eigenvalue weighted by molar-refractivity contribution is 0.0715. The van der Waals surface area contributed by atoms with Crippen LogP contribution in [-0.4, -0.2) is 5.97 Å². The zero-order valence-corrected chi connectivity index (χ0v) is 8.12. The first-order chi connectivity index (χ1) is 8.08. The first-order valence-corrected chi connectivity index (χ1v) is 4.34. The summed E-state index contributed by atoms with van der Waals surface area (Å²) in [6, 6.07) is 4.42. The van der Waals surface area contributed by atoms with Crippen LogP contribution in [0.2, 0.25) is 0 Å². The van der Waals surface area contributed by atoms with Crippen LogP contribution < -0.4 is 0 Å². The molecule has 0 atom stereocenters. The van der Waals surface area contributed by atoms with Gasteiger partial charge in [-0.25, -0.2) is 13.6 Å². The summed E-state index contributed by atoms with van der Waals surface area (Å²) in [5.41, 5.74) is -0.767. The standard InChI is InChI=1S/C11H2F2N2O2/c12-8-1-6-7(2-9(8)13)11(16)17-10(6)5(3-14)4-15/h1-2H. The number of hydrogen-bond donors (Lipinski definition) is 0. The third-order valence-corrected chi connectivity index (χ3v) is 2.17. The molecule has 1 aromatic carbocycles. The molecule has 0 N–H and O–H groups in total. The van der Waals surface area contributed by atoms with Gasteiger partial charge in [0.15, 0.2) is 23.0 Å². The van der Waals surface area contributed by atoms with E-state index in [0.29, 0.717) is 6.07 Å². The highest BCUT2D eigenvalue weighted by atomic mass is 19.2. The van der Waals surface area contributed by atoms with Crippen molar-refractivity contribution in [3.05, 3.63) is 40.5 Å². The molecule has 0 unspecified atom stereocenters. The number of carbonyl (C=O) groups excluding carboxylic acids is 1. The van der Waals surface area contributed by atoms with Gasteiger partial charge in [-0.2, -0.15) is 10.5 Å². The molecule has 1 heterocycles. The maximum Gasteiger partial charge on any atom is 0.344 e. The maximum atomic E-state index is 13.0. The topological polar surface area (TPSA) is 73.9 Å². The number of fused-ring (bicyclic) bond motifs is 1. The van der Waals surface area contributed by atoms with Gasteiger partial charge in [0.1, 0.15) is 12.1 Å². The Morgan fingerprint density at radius 2 is 1.65 bits per heavy atom. The molecule has 0 fully saturated rings. The Kier molecular flexibility index (Phi) is 2.34. The molecule has 0 aromatic heterocycles. The fourth-order valence-corrected chi connectivity index (χ4v) is 1.42. The second-order valence-corrected chi connectivity index (χ2v) is 3.13. The molecular formula is C11H2F2N2O2. The number of ether oxygens (including phenoxy) is 1. The van der Waals surface area contributed by atoms with E-state index < -0.39 is 23.2 Å². The highest BCUT2D eigenvalue weighted by molar-refractivity contribution is 6.04. The van der Waals surface area contributed by atoms with Gasteiger partial charge in [0.05, 0.1) is 5.56 Å². The lowest BCUT2D eigenvalue weighted by Crippen LogP contribution is -1.95. The smallest absolute Gasteiger partial charge is 0.344 e. The highest BCUT2D eigenvalue weighted by Gasteiger charge is 2.31. The molecule has 0 saturated heterocycles. The van der Waals surface area contributed by atoms with Crippen LogP contribution in [0.5, 0.6) is 0 Å². The number of benzene rings is 1. The fourth-order valence-electron chi connectivity index (χ4n) is 1.42. The van der Waals surface area contributed by atoms with Crippen molar-refractivity contribution >= 4 is 11.7 Å². The Balaban J connectivity index is 2.77. The number of nitrogens with zero attached hydrogens (tertiary/aromatic N) is 2. The zero-order valence-electron chi connectivity index (χ0n) is 8.12. The van der Waals surface area contributed by atoms with Crippen LogP contribution >= 0.6 is 0 Å². The van der Waals surface area contributed by atoms with E-state index in [1.165, 1.54) is 12.1 Å². The number of hydrogen-bond acceptors (Lipinski definition) is 4. The van der Waals surface area contributed by atoms with Gasteiger partial charge >= 0.3 is 5.97 Å². The molecule has 2 rings (SSSR count). The lowest BCUT2D eigenvalue weighted by atomic mass is 10.1. The predicted octanol–water partition coefficient (Wildman–Crippen LogP) is 1.89. The quantitative estimate of drug-likeness (QED) is 0.505. The van der Waals surface area contributed by atoms with Crippen molar-refractivity contribution in [2.45, 2.75) is 0 Å². The van der Waals surface area contributed by atoms with E-state index in [9.17, 15) is 13.6 Å². The third-order valence-electron chi connectivity index (χ3n) is 2.17. The Labute approximate surface area is 94.0 Å². The van der Waals surface area contributed by atoms with E-state index in [4.69, 9.17) is 10.5 Å². The molecular weight excluding hydrogens is 230 g/mol. The van der Waals surface area contributed by atoms with Crippen molar-refractivity contribution in [2.24, 2.45) is 0 Å². The van der Waals surface area contributed by atoms with Gasteiger partial charge in [0, 0.05) is 5.56 Å². The van der Waals surface area contributed by atoms with Crippen LogP contribution in [0.25, 0.3) is 5.76 Å². The van der Waals surface area contributed by atoms with Crippen molar-refractivity contribution < 1.29 is 18.3 Å². The fraction of sp³-hybridized carbons (Fsp3) is 0. The lowest BCUT2D eigenvalue weighted by Gasteiger charge is -1.98. The Morgan fingerprint density at radius 1 is 1.12 bits per heavy atom. The third kappa shape index (κ3) is 1.52. The zero-order chi connectivity index (χ0) is 12.6. The highest BCUT2D eigenvalue weighted by Crippen LogP contribution is 2.33. The number of esters is 1. The van der Waals surface area contributed by atoms with E-state index >= 15 is 0 Å². The number of halogens is 2. The summed E-state index contributed by atoms with van der Waals surface area (Å²) in [5.74, 6) is -3.64. The summed E-state index contributed by atoms with van der Waals surface area (Å²) in [6.07, 6.45) is 0. The molecule has 0 amide bonds. The summed E-state index contributed by atoms with van der Waals surface area (Å²) in [4.78, 5) is 11.3. The van der Waals surface area contributed by atoms with Gasteiger partial charge < -0.3 is 4.74 Å². The number of cyclic esters (lactones) is 1. The second-order valence-electron chi connectivity index (χ2n) is 3.13. The molecule has 1 aliphatic rings. The molecule has 1 aromatic rings. The van der Waals surface area contributed by atoms with E-state index in [1.807, 2.05) is 0 Å². The maximum absolute atomic E-state index is 13.0. The first kappa shape index (κ1) is 10.8. The SMILES string of the molecule is N#CC(C#N)=C1OC(=O)c2cc(F)c(F)cc21. The van der Waals surface area contributed by atoms with E-state index in [-0.39, 0.29) is 16.9 Å². The number of allylic oxidation sites excluding steroid dienone is 1. The van der Waals surface area contributed by atoms with Crippen molar-refractivity contribution in [3.8, 4) is 12.1 Å². The molecule has 1 aliphatic heterocycles. The van der Waals surface area contributed by atoms with Crippen LogP contribution in [0.1, 0.15) is 15.9 Å². The average molecular weight is 232 g/mol. The molecule has 0 spiro atoms. The molecule has 6 heteroatoms. The molecule has 0 radical (unpaired) electrons. The number of rotatable bonds is 0.